The SMILES string of the molecule is O=C1CCCC[C@@H]1C1=CC=C[C@H](O)[C@@H]1O. The maximum Gasteiger partial charge on any atom is 0.140 e. The van der Waals surface area contributed by atoms with Crippen LogP contribution >= 0.6 is 0 Å². The van der Waals surface area contributed by atoms with Crippen LogP contribution in [0.2, 0.25) is 0 Å². The van der Waals surface area contributed by atoms with Gasteiger partial charge >= 0.3 is 0 Å². The molecule has 0 unspecified atom stereocenters. The van der Waals surface area contributed by atoms with Crippen LogP contribution in [-0.4, -0.2) is 28.2 Å². The summed E-state index contributed by atoms with van der Waals surface area (Å²) in [6.45, 7) is 0. The van der Waals surface area contributed by atoms with E-state index in [1.165, 1.54) is 0 Å². The van der Waals surface area contributed by atoms with E-state index in [1.54, 1.807) is 18.2 Å². The third kappa shape index (κ3) is 2.03. The third-order valence-corrected chi connectivity index (χ3v) is 3.22. The van der Waals surface area contributed by atoms with E-state index in [1.807, 2.05) is 0 Å². The number of hydrogen-bond acceptors (Lipinski definition) is 3. The van der Waals surface area contributed by atoms with Crippen molar-refractivity contribution in [3.05, 3.63) is 23.8 Å². The summed E-state index contributed by atoms with van der Waals surface area (Å²) in [5.74, 6) is 0.0300. The van der Waals surface area contributed by atoms with Crippen LogP contribution in [-0.2, 0) is 4.79 Å². The van der Waals surface area contributed by atoms with Gasteiger partial charge in [-0.15, -0.1) is 0 Å². The summed E-state index contributed by atoms with van der Waals surface area (Å²) in [5.41, 5.74) is 0.690. The Kier molecular flexibility index (Phi) is 3.03. The first-order valence-electron chi connectivity index (χ1n) is 5.47. The van der Waals surface area contributed by atoms with E-state index in [2.05, 4.69) is 0 Å². The lowest BCUT2D eigenvalue weighted by atomic mass is 9.78. The van der Waals surface area contributed by atoms with Crippen LogP contribution in [0, 0.1) is 5.92 Å². The van der Waals surface area contributed by atoms with Crippen LogP contribution in [0.1, 0.15) is 25.7 Å². The van der Waals surface area contributed by atoms with Gasteiger partial charge < -0.3 is 10.2 Å². The Morgan fingerprint density at radius 2 is 2.07 bits per heavy atom. The molecule has 82 valence electrons. The van der Waals surface area contributed by atoms with Gasteiger partial charge in [-0.25, -0.2) is 0 Å². The van der Waals surface area contributed by atoms with Gasteiger partial charge in [0.25, 0.3) is 0 Å². The van der Waals surface area contributed by atoms with E-state index in [0.29, 0.717) is 12.0 Å². The number of ketones is 1. The maximum atomic E-state index is 11.7. The average molecular weight is 208 g/mol. The van der Waals surface area contributed by atoms with Crippen molar-refractivity contribution < 1.29 is 15.0 Å². The first-order chi connectivity index (χ1) is 7.20. The smallest absolute Gasteiger partial charge is 0.140 e. The fourth-order valence-corrected chi connectivity index (χ4v) is 2.34. The van der Waals surface area contributed by atoms with Gasteiger partial charge in [0.05, 0.1) is 0 Å². The van der Waals surface area contributed by atoms with Gasteiger partial charge in [-0.1, -0.05) is 24.6 Å². The molecule has 2 aliphatic rings. The molecule has 0 saturated heterocycles. The molecule has 1 saturated carbocycles. The minimum atomic E-state index is -0.901. The monoisotopic (exact) mass is 208 g/mol. The summed E-state index contributed by atoms with van der Waals surface area (Å²) < 4.78 is 0. The topological polar surface area (TPSA) is 57.5 Å². The summed E-state index contributed by atoms with van der Waals surface area (Å²) >= 11 is 0. The number of rotatable bonds is 1. The van der Waals surface area contributed by atoms with Crippen LogP contribution in [0.25, 0.3) is 0 Å². The standard InChI is InChI=1S/C12H16O3/c13-10-6-2-1-4-8(10)9-5-3-7-11(14)12(9)15/h3,5,7-8,11-12,14-15H,1-2,4,6H2/t8-,11+,12-/m1/s1. The van der Waals surface area contributed by atoms with Crippen molar-refractivity contribution >= 4 is 5.78 Å². The van der Waals surface area contributed by atoms with Crippen molar-refractivity contribution in [1.29, 1.82) is 0 Å². The Morgan fingerprint density at radius 1 is 1.27 bits per heavy atom. The molecule has 0 spiro atoms. The fraction of sp³-hybridized carbons (Fsp3) is 0.583. The Bertz CT molecular complexity index is 317. The minimum Gasteiger partial charge on any atom is -0.386 e. The van der Waals surface area contributed by atoms with E-state index in [4.69, 9.17) is 0 Å². The zero-order valence-corrected chi connectivity index (χ0v) is 8.60. The summed E-state index contributed by atoms with van der Waals surface area (Å²) in [7, 11) is 0. The molecule has 3 nitrogen and oxygen atoms in total. The molecule has 3 atom stereocenters. The van der Waals surface area contributed by atoms with Crippen molar-refractivity contribution in [1.82, 2.24) is 0 Å². The molecule has 0 aromatic carbocycles. The van der Waals surface area contributed by atoms with E-state index < -0.39 is 12.2 Å². The lowest BCUT2D eigenvalue weighted by Crippen LogP contribution is -2.35. The Labute approximate surface area is 89.1 Å². The highest BCUT2D eigenvalue weighted by molar-refractivity contribution is 5.84. The zero-order valence-electron chi connectivity index (χ0n) is 8.60. The van der Waals surface area contributed by atoms with Gasteiger partial charge in [0.1, 0.15) is 18.0 Å². The lowest BCUT2D eigenvalue weighted by molar-refractivity contribution is -0.123. The molecule has 15 heavy (non-hydrogen) atoms. The predicted molar refractivity (Wildman–Crippen MR) is 56.2 cm³/mol. The highest BCUT2D eigenvalue weighted by Gasteiger charge is 2.32. The number of allylic oxidation sites excluding steroid dienone is 2. The molecule has 0 aromatic rings. The molecule has 0 aliphatic heterocycles. The highest BCUT2D eigenvalue weighted by atomic mass is 16.3. The highest BCUT2D eigenvalue weighted by Crippen LogP contribution is 2.31. The minimum absolute atomic E-state index is 0.173. The summed E-state index contributed by atoms with van der Waals surface area (Å²) in [5, 5.41) is 19.3. The second-order valence-corrected chi connectivity index (χ2v) is 4.25. The molecule has 0 aromatic heterocycles. The van der Waals surface area contributed by atoms with Crippen LogP contribution in [0.3, 0.4) is 0 Å². The van der Waals surface area contributed by atoms with Crippen LogP contribution in [0.5, 0.6) is 0 Å². The van der Waals surface area contributed by atoms with E-state index in [9.17, 15) is 15.0 Å². The molecule has 0 bridgehead atoms. The fourth-order valence-electron chi connectivity index (χ4n) is 2.34. The molecule has 1 fully saturated rings. The Hall–Kier alpha value is -0.930. The molecule has 0 amide bonds. The van der Waals surface area contributed by atoms with E-state index in [-0.39, 0.29) is 11.7 Å². The van der Waals surface area contributed by atoms with Gasteiger partial charge in [0.15, 0.2) is 0 Å². The molecule has 0 radical (unpaired) electrons. The quantitative estimate of drug-likeness (QED) is 0.675. The average Bonchev–Trinajstić information content (AvgIpc) is 2.23. The van der Waals surface area contributed by atoms with Crippen molar-refractivity contribution in [2.45, 2.75) is 37.9 Å². The number of carbonyl (C=O) groups excluding carboxylic acids is 1. The maximum absolute atomic E-state index is 11.7. The molecule has 2 rings (SSSR count). The lowest BCUT2D eigenvalue weighted by Gasteiger charge is -2.29. The first-order valence-corrected chi connectivity index (χ1v) is 5.47. The van der Waals surface area contributed by atoms with Crippen molar-refractivity contribution in [2.75, 3.05) is 0 Å². The molecule has 2 aliphatic carbocycles. The molecule has 0 heterocycles. The van der Waals surface area contributed by atoms with Crippen molar-refractivity contribution in [3.8, 4) is 0 Å². The molecular formula is C12H16O3. The summed E-state index contributed by atoms with van der Waals surface area (Å²) in [4.78, 5) is 11.7. The largest absolute Gasteiger partial charge is 0.386 e. The van der Waals surface area contributed by atoms with Gasteiger partial charge in [0.2, 0.25) is 0 Å². The van der Waals surface area contributed by atoms with E-state index in [0.717, 1.165) is 19.3 Å². The van der Waals surface area contributed by atoms with E-state index >= 15 is 0 Å². The molecule has 3 heteroatoms. The second-order valence-electron chi connectivity index (χ2n) is 4.25. The number of Topliss-reactive ketones (excluding diaryl/α,β-unsaturated/α-hetero) is 1. The van der Waals surface area contributed by atoms with Gasteiger partial charge in [-0.2, -0.15) is 0 Å². The second kappa shape index (κ2) is 4.29. The number of aliphatic hydroxyl groups is 2. The van der Waals surface area contributed by atoms with Gasteiger partial charge in [-0.05, 0) is 18.4 Å². The summed E-state index contributed by atoms with van der Waals surface area (Å²) in [6, 6.07) is 0. The first kappa shape index (κ1) is 10.6. The Balaban J connectivity index is 2.18. The van der Waals surface area contributed by atoms with Crippen LogP contribution in [0.15, 0.2) is 23.8 Å². The van der Waals surface area contributed by atoms with Crippen molar-refractivity contribution in [2.24, 2.45) is 5.92 Å². The number of hydrogen-bond donors (Lipinski definition) is 2. The third-order valence-electron chi connectivity index (χ3n) is 3.22. The zero-order chi connectivity index (χ0) is 10.8. The summed E-state index contributed by atoms with van der Waals surface area (Å²) in [6.07, 6.45) is 6.66. The predicted octanol–water partition coefficient (Wildman–Crippen LogP) is 0.964. The van der Waals surface area contributed by atoms with Gasteiger partial charge in [-0.3, -0.25) is 4.79 Å². The molecular weight excluding hydrogens is 192 g/mol. The molecule has 2 N–H and O–H groups in total. The van der Waals surface area contributed by atoms with Gasteiger partial charge in [0, 0.05) is 12.3 Å². The normalized spacial score (nSPS) is 36.5. The number of carbonyl (C=O) groups is 1. The Morgan fingerprint density at radius 3 is 2.80 bits per heavy atom. The van der Waals surface area contributed by atoms with Crippen LogP contribution in [0.4, 0.5) is 0 Å². The number of aliphatic hydroxyl groups excluding tert-OH is 2. The van der Waals surface area contributed by atoms with Crippen LogP contribution < -0.4 is 0 Å². The van der Waals surface area contributed by atoms with Crippen molar-refractivity contribution in [3.63, 3.8) is 0 Å².